The van der Waals surface area contributed by atoms with E-state index in [0.29, 0.717) is 22.6 Å². The molecule has 0 radical (unpaired) electrons. The maximum absolute atomic E-state index is 10.6. The van der Waals surface area contributed by atoms with E-state index in [4.69, 9.17) is 14.2 Å². The van der Waals surface area contributed by atoms with Crippen LogP contribution in [0.5, 0.6) is 17.2 Å². The van der Waals surface area contributed by atoms with Gasteiger partial charge in [-0.05, 0) is 64.1 Å². The molecule has 5 heteroatoms. The number of hydrogen-bond donors (Lipinski definition) is 0. The van der Waals surface area contributed by atoms with Gasteiger partial charge >= 0.3 is 0 Å². The van der Waals surface area contributed by atoms with Gasteiger partial charge in [-0.1, -0.05) is 0 Å². The molecular weight excluding hydrogens is 332 g/mol. The second-order valence-corrected chi connectivity index (χ2v) is 6.04. The Morgan fingerprint density at radius 3 is 1.77 bits per heavy atom. The van der Waals surface area contributed by atoms with Crippen molar-refractivity contribution in [3.63, 3.8) is 0 Å². The summed E-state index contributed by atoms with van der Waals surface area (Å²) in [6.07, 6.45) is 1.87. The smallest absolute Gasteiger partial charge is 0.153 e. The van der Waals surface area contributed by atoms with Gasteiger partial charge in [0.05, 0.1) is 24.9 Å². The zero-order valence-corrected chi connectivity index (χ0v) is 15.9. The quantitative estimate of drug-likeness (QED) is 0.678. The van der Waals surface area contributed by atoms with Gasteiger partial charge in [0, 0.05) is 11.6 Å². The fraction of sp³-hybridized carbons (Fsp3) is 0.333. The number of carbonyl (C=O) groups is 2. The van der Waals surface area contributed by atoms with Crippen LogP contribution in [0.1, 0.15) is 48.4 Å². The molecule has 0 saturated heterocycles. The van der Waals surface area contributed by atoms with E-state index < -0.39 is 0 Å². The Labute approximate surface area is 154 Å². The molecule has 0 aliphatic rings. The largest absolute Gasteiger partial charge is 0.496 e. The molecule has 140 valence electrons. The third-order valence-corrected chi connectivity index (χ3v) is 3.09. The minimum atomic E-state index is 0.113. The summed E-state index contributed by atoms with van der Waals surface area (Å²) in [6.45, 7) is 7.82. The highest BCUT2D eigenvalue weighted by molar-refractivity contribution is 5.79. The zero-order chi connectivity index (χ0) is 19.5. The lowest BCUT2D eigenvalue weighted by atomic mass is 10.2. The van der Waals surface area contributed by atoms with Gasteiger partial charge in [0.2, 0.25) is 0 Å². The Kier molecular flexibility index (Phi) is 8.92. The second-order valence-electron chi connectivity index (χ2n) is 6.04. The summed E-state index contributed by atoms with van der Waals surface area (Å²) in [5.41, 5.74) is 1.20. The number of ether oxygens (including phenoxy) is 3. The van der Waals surface area contributed by atoms with Gasteiger partial charge in [0.1, 0.15) is 23.5 Å². The fourth-order valence-corrected chi connectivity index (χ4v) is 2.03. The van der Waals surface area contributed by atoms with Gasteiger partial charge in [-0.3, -0.25) is 9.59 Å². The molecule has 0 atom stereocenters. The van der Waals surface area contributed by atoms with E-state index >= 15 is 0 Å². The van der Waals surface area contributed by atoms with Crippen molar-refractivity contribution in [2.45, 2.75) is 39.9 Å². The molecule has 0 N–H and O–H groups in total. The normalized spacial score (nSPS) is 9.96. The summed E-state index contributed by atoms with van der Waals surface area (Å²) in [7, 11) is 1.53. The first-order valence-electron chi connectivity index (χ1n) is 8.41. The van der Waals surface area contributed by atoms with Crippen LogP contribution in [0.4, 0.5) is 0 Å². The Morgan fingerprint density at radius 2 is 1.31 bits per heavy atom. The Hall–Kier alpha value is -2.82. The lowest BCUT2D eigenvalue weighted by molar-refractivity contribution is 0.111. The van der Waals surface area contributed by atoms with E-state index in [1.807, 2.05) is 27.7 Å². The average Bonchev–Trinajstić information content (AvgIpc) is 2.62. The summed E-state index contributed by atoms with van der Waals surface area (Å²) in [5.74, 6) is 2.05. The van der Waals surface area contributed by atoms with Crippen LogP contribution in [0.25, 0.3) is 0 Å². The van der Waals surface area contributed by atoms with Gasteiger partial charge < -0.3 is 14.2 Å². The predicted molar refractivity (Wildman–Crippen MR) is 102 cm³/mol. The summed E-state index contributed by atoms with van der Waals surface area (Å²) in [4.78, 5) is 20.9. The molecule has 0 aliphatic carbocycles. The van der Waals surface area contributed by atoms with E-state index in [9.17, 15) is 9.59 Å². The van der Waals surface area contributed by atoms with Crippen LogP contribution in [0.2, 0.25) is 0 Å². The van der Waals surface area contributed by atoms with Gasteiger partial charge in [-0.15, -0.1) is 0 Å². The number of aldehydes is 2. The monoisotopic (exact) mass is 358 g/mol. The molecule has 2 aromatic carbocycles. The van der Waals surface area contributed by atoms with Crippen LogP contribution in [0.15, 0.2) is 42.5 Å². The zero-order valence-electron chi connectivity index (χ0n) is 15.9. The Morgan fingerprint density at radius 1 is 0.769 bits per heavy atom. The molecule has 0 spiro atoms. The van der Waals surface area contributed by atoms with Crippen LogP contribution in [-0.2, 0) is 0 Å². The van der Waals surface area contributed by atoms with Crippen LogP contribution in [0.3, 0.4) is 0 Å². The van der Waals surface area contributed by atoms with E-state index in [-0.39, 0.29) is 12.2 Å². The number of methoxy groups -OCH3 is 1. The lowest BCUT2D eigenvalue weighted by Gasteiger charge is -2.11. The van der Waals surface area contributed by atoms with E-state index in [1.54, 1.807) is 42.5 Å². The third kappa shape index (κ3) is 7.38. The molecule has 0 bridgehead atoms. The standard InChI is InChI=1S/C11H14O3.C10H12O2/c1-8(2)14-10-5-4-9(7-12)11(6-10)13-3;1-8(2)12-10-5-3-9(7-11)4-6-10/h4-8H,1-3H3;3-8H,1-2H3. The molecule has 0 heterocycles. The van der Waals surface area contributed by atoms with Crippen molar-refractivity contribution in [2.24, 2.45) is 0 Å². The molecule has 0 aromatic heterocycles. The van der Waals surface area contributed by atoms with Gasteiger partial charge in [-0.2, -0.15) is 0 Å². The first kappa shape index (κ1) is 21.2. The Balaban J connectivity index is 0.000000263. The summed E-state index contributed by atoms with van der Waals surface area (Å²) in [6, 6.07) is 12.2. The third-order valence-electron chi connectivity index (χ3n) is 3.09. The molecule has 0 saturated carbocycles. The topological polar surface area (TPSA) is 61.8 Å². The van der Waals surface area contributed by atoms with Crippen molar-refractivity contribution in [1.29, 1.82) is 0 Å². The molecule has 0 fully saturated rings. The first-order valence-corrected chi connectivity index (χ1v) is 8.41. The summed E-state index contributed by atoms with van der Waals surface area (Å²) in [5, 5.41) is 0. The molecule has 2 rings (SSSR count). The van der Waals surface area contributed by atoms with Crippen molar-refractivity contribution >= 4 is 12.6 Å². The highest BCUT2D eigenvalue weighted by atomic mass is 16.5. The van der Waals surface area contributed by atoms with Gasteiger partial charge in [-0.25, -0.2) is 0 Å². The van der Waals surface area contributed by atoms with E-state index in [2.05, 4.69) is 0 Å². The summed E-state index contributed by atoms with van der Waals surface area (Å²) >= 11 is 0. The highest BCUT2D eigenvalue weighted by Crippen LogP contribution is 2.23. The molecule has 0 amide bonds. The predicted octanol–water partition coefficient (Wildman–Crippen LogP) is 4.58. The molecule has 26 heavy (non-hydrogen) atoms. The van der Waals surface area contributed by atoms with Crippen LogP contribution in [0, 0.1) is 0 Å². The van der Waals surface area contributed by atoms with Crippen LogP contribution >= 0.6 is 0 Å². The summed E-state index contributed by atoms with van der Waals surface area (Å²) < 4.78 is 15.9. The minimum absolute atomic E-state index is 0.113. The maximum atomic E-state index is 10.6. The van der Waals surface area contributed by atoms with Crippen molar-refractivity contribution in [2.75, 3.05) is 7.11 Å². The van der Waals surface area contributed by atoms with Crippen LogP contribution in [-0.4, -0.2) is 31.9 Å². The Bertz CT molecular complexity index is 690. The minimum Gasteiger partial charge on any atom is -0.496 e. The number of hydrogen-bond acceptors (Lipinski definition) is 5. The number of rotatable bonds is 7. The van der Waals surface area contributed by atoms with Crippen molar-refractivity contribution in [3.8, 4) is 17.2 Å². The maximum Gasteiger partial charge on any atom is 0.153 e. The van der Waals surface area contributed by atoms with Gasteiger partial charge in [0.25, 0.3) is 0 Å². The van der Waals surface area contributed by atoms with E-state index in [1.165, 1.54) is 7.11 Å². The molecule has 2 aromatic rings. The lowest BCUT2D eigenvalue weighted by Crippen LogP contribution is -2.05. The number of carbonyl (C=O) groups excluding carboxylic acids is 2. The van der Waals surface area contributed by atoms with Crippen molar-refractivity contribution < 1.29 is 23.8 Å². The van der Waals surface area contributed by atoms with Crippen molar-refractivity contribution in [3.05, 3.63) is 53.6 Å². The fourth-order valence-electron chi connectivity index (χ4n) is 2.03. The average molecular weight is 358 g/mol. The SMILES string of the molecule is CC(C)Oc1ccc(C=O)cc1.COc1cc(OC(C)C)ccc1C=O. The molecule has 0 unspecified atom stereocenters. The highest BCUT2D eigenvalue weighted by Gasteiger charge is 2.05. The van der Waals surface area contributed by atoms with Crippen molar-refractivity contribution in [1.82, 2.24) is 0 Å². The molecule has 0 aliphatic heterocycles. The molecule has 5 nitrogen and oxygen atoms in total. The number of benzene rings is 2. The van der Waals surface area contributed by atoms with Crippen LogP contribution < -0.4 is 14.2 Å². The second kappa shape index (κ2) is 10.9. The van der Waals surface area contributed by atoms with Gasteiger partial charge in [0.15, 0.2) is 6.29 Å². The molecular formula is C21H26O5. The van der Waals surface area contributed by atoms with E-state index in [0.717, 1.165) is 18.3 Å². The first-order chi connectivity index (χ1) is 12.4.